The molecule has 4 aromatic rings. The molecule has 0 amide bonds. The van der Waals surface area contributed by atoms with Gasteiger partial charge in [-0.25, -0.2) is 0 Å². The molecule has 3 nitrogen and oxygen atoms in total. The lowest BCUT2D eigenvalue weighted by molar-refractivity contribution is -0.118. The van der Waals surface area contributed by atoms with E-state index in [0.717, 1.165) is 39.1 Å². The summed E-state index contributed by atoms with van der Waals surface area (Å²) in [4.78, 5) is 18.4. The number of anilines is 2. The summed E-state index contributed by atoms with van der Waals surface area (Å²) < 4.78 is 1.04. The Bertz CT molecular complexity index is 1520. The van der Waals surface area contributed by atoms with Crippen molar-refractivity contribution >= 4 is 55.5 Å². The zero-order chi connectivity index (χ0) is 25.7. The van der Waals surface area contributed by atoms with Crippen LogP contribution in [0.4, 0.5) is 11.4 Å². The van der Waals surface area contributed by atoms with Crippen molar-refractivity contribution in [1.82, 2.24) is 0 Å². The molecule has 0 radical (unpaired) electrons. The first-order chi connectivity index (χ1) is 17.8. The van der Waals surface area contributed by atoms with Gasteiger partial charge in [0.1, 0.15) is 6.17 Å². The highest BCUT2D eigenvalue weighted by molar-refractivity contribution is 9.10. The summed E-state index contributed by atoms with van der Waals surface area (Å²) in [5.41, 5.74) is 5.23. The normalized spacial score (nSPS) is 19.4. The number of ketones is 1. The number of hydrogen-bond donors (Lipinski definition) is 0. The fourth-order valence-corrected chi connectivity index (χ4v) is 6.12. The van der Waals surface area contributed by atoms with Gasteiger partial charge >= 0.3 is 0 Å². The summed E-state index contributed by atoms with van der Waals surface area (Å²) >= 11 is 9.88. The van der Waals surface area contributed by atoms with Crippen LogP contribution in [0.15, 0.2) is 107 Å². The van der Waals surface area contributed by atoms with Crippen LogP contribution < -0.4 is 9.80 Å². The molecule has 0 spiro atoms. The molecule has 1 atom stereocenters. The predicted octanol–water partition coefficient (Wildman–Crippen LogP) is 8.92. The van der Waals surface area contributed by atoms with Gasteiger partial charge in [0, 0.05) is 38.6 Å². The molecule has 37 heavy (non-hydrogen) atoms. The number of hydrogen-bond acceptors (Lipinski definition) is 3. The molecule has 0 fully saturated rings. The van der Waals surface area contributed by atoms with Gasteiger partial charge in [0.05, 0.1) is 6.54 Å². The van der Waals surface area contributed by atoms with Gasteiger partial charge in [-0.15, -0.1) is 0 Å². The smallest absolute Gasteiger partial charge is 0.162 e. The fraction of sp³-hybridized carbons (Fsp3) is 0.219. The van der Waals surface area contributed by atoms with Crippen molar-refractivity contribution in [2.45, 2.75) is 32.9 Å². The van der Waals surface area contributed by atoms with Gasteiger partial charge in [-0.3, -0.25) is 4.79 Å². The van der Waals surface area contributed by atoms with Crippen LogP contribution in [0, 0.1) is 5.41 Å². The minimum Gasteiger partial charge on any atom is -0.342 e. The van der Waals surface area contributed by atoms with E-state index >= 15 is 0 Å². The van der Waals surface area contributed by atoms with Crippen molar-refractivity contribution in [2.75, 3.05) is 16.3 Å². The number of Topliss-reactive ketones (excluding diaryl/α,β-unsaturated/α-hetero) is 1. The third kappa shape index (κ3) is 4.58. The van der Waals surface area contributed by atoms with Crippen LogP contribution in [0.5, 0.6) is 0 Å². The summed E-state index contributed by atoms with van der Waals surface area (Å²) in [5.74, 6) is 0.241. The Labute approximate surface area is 231 Å². The first kappa shape index (κ1) is 24.3. The standard InChI is InChI=1S/C32H28BrClN2O/c1-32(2)18-29-28(30(37)19-32)20-35(26-15-12-25(34)13-16-26)31(22-7-10-24(33)11-8-22)36(29)27-14-9-21-5-3-4-6-23(21)17-27/h3-17,31H,18-20H2,1-2H3. The Balaban J connectivity index is 1.61. The second-order valence-electron chi connectivity index (χ2n) is 10.8. The lowest BCUT2D eigenvalue weighted by Gasteiger charge is -2.51. The fourth-order valence-electron chi connectivity index (χ4n) is 5.73. The van der Waals surface area contributed by atoms with Crippen molar-refractivity contribution < 1.29 is 4.79 Å². The van der Waals surface area contributed by atoms with Crippen LogP contribution in [0.2, 0.25) is 5.02 Å². The number of carbonyl (C=O) groups excluding carboxylic acids is 1. The van der Waals surface area contributed by atoms with E-state index in [1.54, 1.807) is 0 Å². The van der Waals surface area contributed by atoms with Gasteiger partial charge in [0.2, 0.25) is 0 Å². The summed E-state index contributed by atoms with van der Waals surface area (Å²) in [7, 11) is 0. The van der Waals surface area contributed by atoms with Gasteiger partial charge in [-0.05, 0) is 76.7 Å². The van der Waals surface area contributed by atoms with E-state index in [1.807, 2.05) is 12.1 Å². The molecule has 1 aliphatic carbocycles. The molecule has 1 aliphatic heterocycles. The Kier molecular flexibility index (Phi) is 6.13. The molecular weight excluding hydrogens is 544 g/mol. The van der Waals surface area contributed by atoms with Gasteiger partial charge in [0.25, 0.3) is 0 Å². The summed E-state index contributed by atoms with van der Waals surface area (Å²) in [5, 5.41) is 3.08. The number of benzene rings is 4. The minimum atomic E-state index is -0.129. The summed E-state index contributed by atoms with van der Waals surface area (Å²) in [6.45, 7) is 4.97. The molecule has 1 unspecified atom stereocenters. The van der Waals surface area contributed by atoms with Crippen LogP contribution in [0.1, 0.15) is 38.4 Å². The second kappa shape index (κ2) is 9.34. The van der Waals surface area contributed by atoms with E-state index in [9.17, 15) is 4.79 Å². The molecule has 0 saturated carbocycles. The highest BCUT2D eigenvalue weighted by Gasteiger charge is 2.43. The average Bonchev–Trinajstić information content (AvgIpc) is 2.88. The monoisotopic (exact) mass is 570 g/mol. The topological polar surface area (TPSA) is 23.6 Å². The molecule has 4 aromatic carbocycles. The first-order valence-electron chi connectivity index (χ1n) is 12.6. The Morgan fingerprint density at radius 2 is 1.51 bits per heavy atom. The molecule has 2 aliphatic rings. The van der Waals surface area contributed by atoms with Gasteiger partial charge in [-0.1, -0.05) is 83.8 Å². The Morgan fingerprint density at radius 3 is 2.24 bits per heavy atom. The summed E-state index contributed by atoms with van der Waals surface area (Å²) in [6.07, 6.45) is 1.29. The van der Waals surface area contributed by atoms with E-state index < -0.39 is 0 Å². The molecule has 0 aromatic heterocycles. The number of allylic oxidation sites excluding steroid dienone is 1. The van der Waals surface area contributed by atoms with Crippen molar-refractivity contribution in [3.05, 3.63) is 117 Å². The molecule has 0 saturated heterocycles. The van der Waals surface area contributed by atoms with Crippen molar-refractivity contribution in [2.24, 2.45) is 5.41 Å². The number of rotatable bonds is 3. The number of nitrogens with zero attached hydrogens (tertiary/aromatic N) is 2. The molecule has 0 N–H and O–H groups in total. The molecule has 1 heterocycles. The number of fused-ring (bicyclic) bond motifs is 1. The van der Waals surface area contributed by atoms with Crippen LogP contribution in [0.25, 0.3) is 10.8 Å². The van der Waals surface area contributed by atoms with Gasteiger partial charge in [0.15, 0.2) is 5.78 Å². The van der Waals surface area contributed by atoms with E-state index in [-0.39, 0.29) is 17.4 Å². The lowest BCUT2D eigenvalue weighted by atomic mass is 9.74. The Morgan fingerprint density at radius 1 is 0.838 bits per heavy atom. The van der Waals surface area contributed by atoms with E-state index in [0.29, 0.717) is 18.0 Å². The molecular formula is C32H28BrClN2O. The van der Waals surface area contributed by atoms with Crippen LogP contribution in [-0.4, -0.2) is 12.3 Å². The number of halogens is 2. The van der Waals surface area contributed by atoms with Gasteiger partial charge < -0.3 is 9.80 Å². The highest BCUT2D eigenvalue weighted by Crippen LogP contribution is 2.48. The van der Waals surface area contributed by atoms with Crippen LogP contribution >= 0.6 is 27.5 Å². The summed E-state index contributed by atoms with van der Waals surface area (Å²) in [6, 6.07) is 31.5. The zero-order valence-corrected chi connectivity index (χ0v) is 23.3. The maximum atomic E-state index is 13.6. The lowest BCUT2D eigenvalue weighted by Crippen LogP contribution is -2.51. The zero-order valence-electron chi connectivity index (χ0n) is 20.9. The highest BCUT2D eigenvalue weighted by atomic mass is 79.9. The van der Waals surface area contributed by atoms with E-state index in [4.69, 9.17) is 11.6 Å². The molecule has 186 valence electrons. The maximum absolute atomic E-state index is 13.6. The molecule has 0 bridgehead atoms. The minimum absolute atomic E-state index is 0.0995. The Hall–Kier alpha value is -3.08. The van der Waals surface area contributed by atoms with Crippen molar-refractivity contribution in [3.8, 4) is 0 Å². The largest absolute Gasteiger partial charge is 0.342 e. The van der Waals surface area contributed by atoms with Gasteiger partial charge in [-0.2, -0.15) is 0 Å². The van der Waals surface area contributed by atoms with Crippen LogP contribution in [-0.2, 0) is 4.79 Å². The molecule has 5 heteroatoms. The molecule has 6 rings (SSSR count). The number of carbonyl (C=O) groups is 1. The third-order valence-corrected chi connectivity index (χ3v) is 8.25. The average molecular weight is 572 g/mol. The SMILES string of the molecule is CC1(C)CC(=O)C2=C(C1)N(c1ccc3ccccc3c1)C(c1ccc(Br)cc1)N(c1ccc(Cl)cc1)C2. The van der Waals surface area contributed by atoms with E-state index in [2.05, 4.69) is 118 Å². The maximum Gasteiger partial charge on any atom is 0.162 e. The van der Waals surface area contributed by atoms with E-state index in [1.165, 1.54) is 10.8 Å². The second-order valence-corrected chi connectivity index (χ2v) is 12.1. The van der Waals surface area contributed by atoms with Crippen molar-refractivity contribution in [3.63, 3.8) is 0 Å². The predicted molar refractivity (Wildman–Crippen MR) is 157 cm³/mol. The van der Waals surface area contributed by atoms with Crippen LogP contribution in [0.3, 0.4) is 0 Å². The third-order valence-electron chi connectivity index (χ3n) is 7.47. The first-order valence-corrected chi connectivity index (χ1v) is 13.8. The van der Waals surface area contributed by atoms with Crippen molar-refractivity contribution in [1.29, 1.82) is 0 Å². The quantitative estimate of drug-likeness (QED) is 0.245.